The molecule has 5 aromatic rings. The van der Waals surface area contributed by atoms with Crippen molar-refractivity contribution in [3.63, 3.8) is 0 Å². The van der Waals surface area contributed by atoms with E-state index in [2.05, 4.69) is 20.5 Å². The third kappa shape index (κ3) is 7.23. The molecule has 1 aromatic heterocycles. The first-order valence-corrected chi connectivity index (χ1v) is 15.6. The topological polar surface area (TPSA) is 99.7 Å². The summed E-state index contributed by atoms with van der Waals surface area (Å²) in [6.07, 6.45) is 1.60. The predicted octanol–water partition coefficient (Wildman–Crippen LogP) is 6.92. The maximum absolute atomic E-state index is 14.1. The molecular formula is C37H37FN6O3. The zero-order chi connectivity index (χ0) is 33.1. The molecule has 1 saturated heterocycles. The van der Waals surface area contributed by atoms with E-state index < -0.39 is 0 Å². The molecular weight excluding hydrogens is 595 g/mol. The average Bonchev–Trinajstić information content (AvgIpc) is 3.06. The van der Waals surface area contributed by atoms with E-state index in [-0.39, 0.29) is 23.7 Å². The van der Waals surface area contributed by atoms with Gasteiger partial charge in [0.2, 0.25) is 5.95 Å². The summed E-state index contributed by atoms with van der Waals surface area (Å²) in [5.74, 6) is 0.118. The maximum atomic E-state index is 14.1. The van der Waals surface area contributed by atoms with E-state index in [4.69, 9.17) is 9.72 Å². The molecule has 2 heterocycles. The van der Waals surface area contributed by atoms with Crippen LogP contribution >= 0.6 is 0 Å². The van der Waals surface area contributed by atoms with Crippen LogP contribution in [0.25, 0.3) is 22.0 Å². The van der Waals surface area contributed by atoms with Crippen molar-refractivity contribution in [2.24, 2.45) is 0 Å². The number of para-hydroxylation sites is 1. The Kier molecular flexibility index (Phi) is 9.12. The number of hydrogen-bond donors (Lipinski definition) is 2. The number of fused-ring (bicyclic) bond motifs is 1. The predicted molar refractivity (Wildman–Crippen MR) is 183 cm³/mol. The number of hydrogen-bond acceptors (Lipinski definition) is 7. The number of nitrogens with one attached hydrogen (secondary N) is 2. The normalized spacial score (nSPS) is 13.5. The highest BCUT2D eigenvalue weighted by Gasteiger charge is 2.21. The lowest BCUT2D eigenvalue weighted by atomic mass is 10.0. The highest BCUT2D eigenvalue weighted by molar-refractivity contribution is 6.05. The van der Waals surface area contributed by atoms with Gasteiger partial charge in [-0.2, -0.15) is 0 Å². The molecule has 0 spiro atoms. The Bertz CT molecular complexity index is 1940. The molecule has 240 valence electrons. The Morgan fingerprint density at radius 3 is 2.38 bits per heavy atom. The summed E-state index contributed by atoms with van der Waals surface area (Å²) in [5, 5.41) is 7.07. The lowest BCUT2D eigenvalue weighted by Gasteiger charge is -2.32. The lowest BCUT2D eigenvalue weighted by molar-refractivity contribution is 0.0663. The standard InChI is InChI=1S/C37H37FN6O3/c1-23(2)47-33-20-28(38)13-15-30(33)31-7-5-6-27-22-39-37(42-34(27)31)40-29-14-8-24(3)32(21-29)41-35(45)25-9-11-26(12-10-25)36(46)44-18-16-43(4)17-19-44/h5-15,20-23H,16-19H2,1-4H3,(H,41,45)(H,39,40,42). The summed E-state index contributed by atoms with van der Waals surface area (Å²) >= 11 is 0. The second-order valence-corrected chi connectivity index (χ2v) is 12.0. The van der Waals surface area contributed by atoms with Gasteiger partial charge in [-0.1, -0.05) is 24.3 Å². The zero-order valence-electron chi connectivity index (χ0n) is 26.9. The minimum absolute atomic E-state index is 0.0234. The summed E-state index contributed by atoms with van der Waals surface area (Å²) in [4.78, 5) is 39.5. The van der Waals surface area contributed by atoms with Gasteiger partial charge in [-0.25, -0.2) is 14.4 Å². The number of nitrogens with zero attached hydrogens (tertiary/aromatic N) is 4. The number of rotatable bonds is 8. The highest BCUT2D eigenvalue weighted by atomic mass is 19.1. The van der Waals surface area contributed by atoms with Crippen LogP contribution < -0.4 is 15.4 Å². The van der Waals surface area contributed by atoms with E-state index in [9.17, 15) is 14.0 Å². The van der Waals surface area contributed by atoms with Crippen molar-refractivity contribution in [3.8, 4) is 16.9 Å². The van der Waals surface area contributed by atoms with Crippen LogP contribution in [0.2, 0.25) is 0 Å². The number of aryl methyl sites for hydroxylation is 1. The molecule has 9 nitrogen and oxygen atoms in total. The van der Waals surface area contributed by atoms with Crippen molar-refractivity contribution in [1.29, 1.82) is 0 Å². The molecule has 1 aliphatic rings. The fraction of sp³-hybridized carbons (Fsp3) is 0.243. The molecule has 0 radical (unpaired) electrons. The van der Waals surface area contributed by atoms with Gasteiger partial charge in [-0.05, 0) is 81.9 Å². The molecule has 0 atom stereocenters. The molecule has 10 heteroatoms. The van der Waals surface area contributed by atoms with E-state index in [1.165, 1.54) is 12.1 Å². The van der Waals surface area contributed by atoms with Gasteiger partial charge in [0, 0.05) is 77.5 Å². The monoisotopic (exact) mass is 632 g/mol. The van der Waals surface area contributed by atoms with Gasteiger partial charge in [0.25, 0.3) is 11.8 Å². The Morgan fingerprint density at radius 2 is 1.64 bits per heavy atom. The number of carbonyl (C=O) groups is 2. The van der Waals surface area contributed by atoms with Gasteiger partial charge in [0.05, 0.1) is 11.6 Å². The lowest BCUT2D eigenvalue weighted by Crippen LogP contribution is -2.47. The van der Waals surface area contributed by atoms with Crippen LogP contribution in [-0.2, 0) is 0 Å². The highest BCUT2D eigenvalue weighted by Crippen LogP contribution is 2.36. The van der Waals surface area contributed by atoms with Gasteiger partial charge < -0.3 is 25.2 Å². The Hall–Kier alpha value is -5.35. The van der Waals surface area contributed by atoms with Crippen LogP contribution in [-0.4, -0.2) is 70.9 Å². The molecule has 4 aromatic carbocycles. The number of benzene rings is 4. The first kappa shape index (κ1) is 31.6. The molecule has 0 unspecified atom stereocenters. The summed E-state index contributed by atoms with van der Waals surface area (Å²) in [6.45, 7) is 8.78. The molecule has 1 fully saturated rings. The van der Waals surface area contributed by atoms with Crippen molar-refractivity contribution in [1.82, 2.24) is 19.8 Å². The van der Waals surface area contributed by atoms with Crippen molar-refractivity contribution in [2.45, 2.75) is 26.9 Å². The van der Waals surface area contributed by atoms with Crippen molar-refractivity contribution in [3.05, 3.63) is 108 Å². The van der Waals surface area contributed by atoms with E-state index >= 15 is 0 Å². The number of ether oxygens (including phenoxy) is 1. The van der Waals surface area contributed by atoms with Gasteiger partial charge in [0.1, 0.15) is 11.6 Å². The minimum atomic E-state index is -0.378. The minimum Gasteiger partial charge on any atom is -0.490 e. The fourth-order valence-electron chi connectivity index (χ4n) is 5.52. The maximum Gasteiger partial charge on any atom is 0.255 e. The van der Waals surface area contributed by atoms with Crippen LogP contribution in [0.5, 0.6) is 5.75 Å². The number of likely N-dealkylation sites (N-methyl/N-ethyl adjacent to an activating group) is 1. The van der Waals surface area contributed by atoms with Gasteiger partial charge in [-0.3, -0.25) is 9.59 Å². The number of aromatic nitrogens is 2. The Balaban J connectivity index is 1.20. The number of piperazine rings is 1. The Morgan fingerprint density at radius 1 is 0.894 bits per heavy atom. The first-order chi connectivity index (χ1) is 22.6. The molecule has 6 rings (SSSR count). The molecule has 0 aliphatic carbocycles. The number of carbonyl (C=O) groups excluding carboxylic acids is 2. The second-order valence-electron chi connectivity index (χ2n) is 12.0. The van der Waals surface area contributed by atoms with E-state index in [1.54, 1.807) is 36.5 Å². The first-order valence-electron chi connectivity index (χ1n) is 15.6. The molecule has 2 N–H and O–H groups in total. The summed E-state index contributed by atoms with van der Waals surface area (Å²) in [7, 11) is 2.05. The smallest absolute Gasteiger partial charge is 0.255 e. The SMILES string of the molecule is Cc1ccc(Nc2ncc3cccc(-c4ccc(F)cc4OC(C)C)c3n2)cc1NC(=O)c1ccc(C(=O)N2CCN(C)CC2)cc1. The molecule has 0 saturated carbocycles. The molecule has 0 bridgehead atoms. The Labute approximate surface area is 273 Å². The van der Waals surface area contributed by atoms with Gasteiger partial charge in [0.15, 0.2) is 0 Å². The van der Waals surface area contributed by atoms with E-state index in [1.807, 2.05) is 69.1 Å². The quantitative estimate of drug-likeness (QED) is 0.192. The van der Waals surface area contributed by atoms with Gasteiger partial charge >= 0.3 is 0 Å². The number of halogens is 1. The van der Waals surface area contributed by atoms with Crippen LogP contribution in [0.3, 0.4) is 0 Å². The summed E-state index contributed by atoms with van der Waals surface area (Å²) in [5.41, 5.74) is 5.40. The third-order valence-electron chi connectivity index (χ3n) is 8.13. The largest absolute Gasteiger partial charge is 0.490 e. The molecule has 47 heavy (non-hydrogen) atoms. The third-order valence-corrected chi connectivity index (χ3v) is 8.13. The summed E-state index contributed by atoms with van der Waals surface area (Å²) in [6, 6.07) is 22.6. The number of anilines is 3. The van der Waals surface area contributed by atoms with E-state index in [0.717, 1.165) is 35.2 Å². The van der Waals surface area contributed by atoms with Crippen molar-refractivity contribution >= 4 is 40.0 Å². The van der Waals surface area contributed by atoms with Crippen LogP contribution in [0.1, 0.15) is 40.1 Å². The fourth-order valence-corrected chi connectivity index (χ4v) is 5.52. The van der Waals surface area contributed by atoms with Crippen molar-refractivity contribution < 1.29 is 18.7 Å². The average molecular weight is 633 g/mol. The van der Waals surface area contributed by atoms with Crippen LogP contribution in [0.4, 0.5) is 21.7 Å². The van der Waals surface area contributed by atoms with E-state index in [0.29, 0.717) is 52.8 Å². The van der Waals surface area contributed by atoms with Crippen molar-refractivity contribution in [2.75, 3.05) is 43.9 Å². The number of amides is 2. The van der Waals surface area contributed by atoms with Crippen LogP contribution in [0, 0.1) is 12.7 Å². The summed E-state index contributed by atoms with van der Waals surface area (Å²) < 4.78 is 20.1. The van der Waals surface area contributed by atoms with Gasteiger partial charge in [-0.15, -0.1) is 0 Å². The molecule has 1 aliphatic heterocycles. The van der Waals surface area contributed by atoms with Crippen LogP contribution in [0.15, 0.2) is 85.1 Å². The molecule has 2 amide bonds. The second kappa shape index (κ2) is 13.6. The zero-order valence-corrected chi connectivity index (χ0v) is 26.9.